The van der Waals surface area contributed by atoms with E-state index < -0.39 is 10.9 Å². The molecule has 0 bridgehead atoms. The number of ether oxygens (including phenoxy) is 2. The maximum absolute atomic E-state index is 11.9. The van der Waals surface area contributed by atoms with Crippen molar-refractivity contribution >= 4 is 11.7 Å². The number of hydrogen-bond donors (Lipinski definition) is 0. The monoisotopic (exact) mass is 287 g/mol. The van der Waals surface area contributed by atoms with Gasteiger partial charge in [-0.25, -0.2) is 4.79 Å². The van der Waals surface area contributed by atoms with Crippen molar-refractivity contribution in [1.82, 2.24) is 0 Å². The van der Waals surface area contributed by atoms with E-state index in [1.165, 1.54) is 18.2 Å². The van der Waals surface area contributed by atoms with Gasteiger partial charge in [-0.2, -0.15) is 0 Å². The molecule has 108 valence electrons. The van der Waals surface area contributed by atoms with Gasteiger partial charge in [-0.05, 0) is 23.8 Å². The van der Waals surface area contributed by atoms with Crippen molar-refractivity contribution in [3.8, 4) is 5.75 Å². The Morgan fingerprint density at radius 2 is 1.81 bits per heavy atom. The first-order valence-electron chi connectivity index (χ1n) is 6.15. The zero-order chi connectivity index (χ0) is 15.2. The Hall–Kier alpha value is -2.89. The first kappa shape index (κ1) is 14.5. The van der Waals surface area contributed by atoms with Crippen molar-refractivity contribution in [2.24, 2.45) is 0 Å². The highest BCUT2D eigenvalue weighted by Crippen LogP contribution is 2.19. The van der Waals surface area contributed by atoms with E-state index >= 15 is 0 Å². The third-order valence-corrected chi connectivity index (χ3v) is 2.85. The third-order valence-electron chi connectivity index (χ3n) is 2.85. The molecule has 0 amide bonds. The maximum atomic E-state index is 11.9. The average molecular weight is 287 g/mol. The second-order valence-electron chi connectivity index (χ2n) is 4.20. The van der Waals surface area contributed by atoms with Crippen LogP contribution in [0.5, 0.6) is 5.75 Å². The van der Waals surface area contributed by atoms with Gasteiger partial charge in [0.2, 0.25) is 0 Å². The van der Waals surface area contributed by atoms with Crippen LogP contribution in [0.25, 0.3) is 0 Å². The minimum atomic E-state index is -0.724. The van der Waals surface area contributed by atoms with E-state index in [-0.39, 0.29) is 17.9 Å². The maximum Gasteiger partial charge on any atom is 0.345 e. The molecule has 0 spiro atoms. The number of esters is 1. The second-order valence-corrected chi connectivity index (χ2v) is 4.20. The molecular formula is C15H13NO5. The number of nitro benzene ring substituents is 1. The first-order chi connectivity index (χ1) is 10.1. The van der Waals surface area contributed by atoms with Crippen molar-refractivity contribution in [3.05, 3.63) is 69.8 Å². The summed E-state index contributed by atoms with van der Waals surface area (Å²) in [5, 5.41) is 10.9. The van der Waals surface area contributed by atoms with Gasteiger partial charge >= 0.3 is 5.97 Å². The number of para-hydroxylation sites is 1. The molecule has 0 saturated heterocycles. The molecule has 6 nitrogen and oxygen atoms in total. The van der Waals surface area contributed by atoms with Gasteiger partial charge < -0.3 is 9.47 Å². The van der Waals surface area contributed by atoms with Gasteiger partial charge in [0.15, 0.2) is 0 Å². The molecule has 0 aromatic heterocycles. The summed E-state index contributed by atoms with van der Waals surface area (Å²) in [5.41, 5.74) is 0.441. The van der Waals surface area contributed by atoms with Crippen molar-refractivity contribution in [3.63, 3.8) is 0 Å². The summed E-state index contributed by atoms with van der Waals surface area (Å²) < 4.78 is 10.1. The van der Waals surface area contributed by atoms with E-state index in [1.807, 2.05) is 0 Å². The number of benzene rings is 2. The molecule has 0 atom stereocenters. The number of nitrogens with zero attached hydrogens (tertiary/aromatic N) is 1. The topological polar surface area (TPSA) is 78.7 Å². The number of nitro groups is 1. The van der Waals surface area contributed by atoms with Gasteiger partial charge in [0.05, 0.1) is 12.0 Å². The number of hydrogen-bond acceptors (Lipinski definition) is 5. The smallest absolute Gasteiger partial charge is 0.345 e. The molecule has 0 heterocycles. The molecular weight excluding hydrogens is 274 g/mol. The molecule has 0 aliphatic carbocycles. The van der Waals surface area contributed by atoms with Crippen LogP contribution in [0.1, 0.15) is 15.9 Å². The molecule has 0 fully saturated rings. The summed E-state index contributed by atoms with van der Waals surface area (Å²) in [6.45, 7) is 0.0366. The lowest BCUT2D eigenvalue weighted by Gasteiger charge is -2.06. The van der Waals surface area contributed by atoms with Crippen LogP contribution in [0.4, 0.5) is 5.69 Å². The highest BCUT2D eigenvalue weighted by molar-refractivity contribution is 5.93. The van der Waals surface area contributed by atoms with E-state index in [0.717, 1.165) is 5.56 Å². The van der Waals surface area contributed by atoms with Crippen LogP contribution in [0.3, 0.4) is 0 Å². The van der Waals surface area contributed by atoms with Crippen molar-refractivity contribution in [2.45, 2.75) is 6.61 Å². The fourth-order valence-corrected chi connectivity index (χ4v) is 1.75. The zero-order valence-electron chi connectivity index (χ0n) is 11.3. The summed E-state index contributed by atoms with van der Waals surface area (Å²) in [6, 6.07) is 12.7. The number of carbonyl (C=O) groups excluding carboxylic acids is 1. The molecule has 0 aliphatic rings. The lowest BCUT2D eigenvalue weighted by atomic mass is 10.2. The number of methoxy groups -OCH3 is 1. The normalized spacial score (nSPS) is 9.95. The Balaban J connectivity index is 2.06. The van der Waals surface area contributed by atoms with Crippen LogP contribution < -0.4 is 4.74 Å². The van der Waals surface area contributed by atoms with Crippen molar-refractivity contribution in [2.75, 3.05) is 7.11 Å². The highest BCUT2D eigenvalue weighted by atomic mass is 16.6. The van der Waals surface area contributed by atoms with E-state index in [1.54, 1.807) is 37.4 Å². The van der Waals surface area contributed by atoms with Gasteiger partial charge in [0, 0.05) is 6.07 Å². The molecule has 21 heavy (non-hydrogen) atoms. The molecule has 2 rings (SSSR count). The minimum Gasteiger partial charge on any atom is -0.497 e. The van der Waals surface area contributed by atoms with E-state index in [9.17, 15) is 14.9 Å². The largest absolute Gasteiger partial charge is 0.497 e. The van der Waals surface area contributed by atoms with Crippen molar-refractivity contribution in [1.29, 1.82) is 0 Å². The third kappa shape index (κ3) is 3.56. The van der Waals surface area contributed by atoms with E-state index in [2.05, 4.69) is 0 Å². The van der Waals surface area contributed by atoms with E-state index in [0.29, 0.717) is 5.75 Å². The fourth-order valence-electron chi connectivity index (χ4n) is 1.75. The standard InChI is InChI=1S/C15H13NO5/c1-20-12-8-6-11(7-9-12)10-21-15(17)13-4-2-3-5-14(13)16(18)19/h2-9H,10H2,1H3. The summed E-state index contributed by atoms with van der Waals surface area (Å²) in [6.07, 6.45) is 0. The molecule has 2 aromatic carbocycles. The fraction of sp³-hybridized carbons (Fsp3) is 0.133. The molecule has 0 aliphatic heterocycles. The molecule has 0 unspecified atom stereocenters. The number of rotatable bonds is 5. The van der Waals surface area contributed by atoms with Gasteiger partial charge in [-0.15, -0.1) is 0 Å². The Bertz CT molecular complexity index is 651. The summed E-state index contributed by atoms with van der Waals surface area (Å²) in [5.74, 6) is -0.0260. The first-order valence-corrected chi connectivity index (χ1v) is 6.15. The Morgan fingerprint density at radius 1 is 1.14 bits per heavy atom. The lowest BCUT2D eigenvalue weighted by Crippen LogP contribution is -2.08. The summed E-state index contributed by atoms with van der Waals surface area (Å²) >= 11 is 0. The lowest BCUT2D eigenvalue weighted by molar-refractivity contribution is -0.385. The van der Waals surface area contributed by atoms with Gasteiger partial charge in [-0.3, -0.25) is 10.1 Å². The molecule has 0 saturated carbocycles. The Labute approximate surface area is 121 Å². The van der Waals surface area contributed by atoms with Crippen LogP contribution in [0.15, 0.2) is 48.5 Å². The molecule has 2 aromatic rings. The van der Waals surface area contributed by atoms with Gasteiger partial charge in [-0.1, -0.05) is 24.3 Å². The number of carbonyl (C=O) groups is 1. The Morgan fingerprint density at radius 3 is 2.43 bits per heavy atom. The van der Waals surface area contributed by atoms with Crippen LogP contribution in [0.2, 0.25) is 0 Å². The zero-order valence-corrected chi connectivity index (χ0v) is 11.3. The van der Waals surface area contributed by atoms with Crippen LogP contribution >= 0.6 is 0 Å². The van der Waals surface area contributed by atoms with Gasteiger partial charge in [0.1, 0.15) is 17.9 Å². The average Bonchev–Trinajstić information content (AvgIpc) is 2.53. The highest BCUT2D eigenvalue weighted by Gasteiger charge is 2.20. The van der Waals surface area contributed by atoms with Crippen LogP contribution in [-0.2, 0) is 11.3 Å². The molecule has 0 N–H and O–H groups in total. The van der Waals surface area contributed by atoms with Crippen molar-refractivity contribution < 1.29 is 19.2 Å². The summed E-state index contributed by atoms with van der Waals surface area (Å²) in [4.78, 5) is 22.2. The van der Waals surface area contributed by atoms with Crippen LogP contribution in [0, 0.1) is 10.1 Å². The van der Waals surface area contributed by atoms with E-state index in [4.69, 9.17) is 9.47 Å². The van der Waals surface area contributed by atoms with Crippen LogP contribution in [-0.4, -0.2) is 18.0 Å². The predicted molar refractivity (Wildman–Crippen MR) is 75.2 cm³/mol. The Kier molecular flexibility index (Phi) is 4.50. The second kappa shape index (κ2) is 6.51. The minimum absolute atomic E-state index is 0.0366. The quantitative estimate of drug-likeness (QED) is 0.480. The molecule has 6 heteroatoms. The SMILES string of the molecule is COc1ccc(COC(=O)c2ccccc2[N+](=O)[O-])cc1. The molecule has 0 radical (unpaired) electrons. The van der Waals surface area contributed by atoms with Gasteiger partial charge in [0.25, 0.3) is 5.69 Å². The summed E-state index contributed by atoms with van der Waals surface area (Å²) in [7, 11) is 1.56. The predicted octanol–water partition coefficient (Wildman–Crippen LogP) is 2.96.